The number of anilines is 1. The molecule has 0 saturated carbocycles. The Hall–Kier alpha value is -4.06. The fraction of sp³-hybridized carbons (Fsp3) is 0.267. The van der Waals surface area contributed by atoms with E-state index < -0.39 is 17.7 Å². The third-order valence-corrected chi connectivity index (χ3v) is 6.49. The zero-order chi connectivity index (χ0) is 26.1. The average molecular weight is 486 g/mol. The maximum atomic E-state index is 13.5. The molecule has 1 fully saturated rings. The van der Waals surface area contributed by atoms with Crippen molar-refractivity contribution in [1.82, 2.24) is 0 Å². The molecule has 186 valence electrons. The van der Waals surface area contributed by atoms with E-state index in [4.69, 9.17) is 9.47 Å². The molecule has 0 spiro atoms. The Morgan fingerprint density at radius 3 is 2.14 bits per heavy atom. The molecule has 1 heterocycles. The number of nitrogens with zero attached hydrogens (tertiary/aromatic N) is 1. The van der Waals surface area contributed by atoms with Crippen molar-refractivity contribution in [2.75, 3.05) is 19.1 Å². The molecule has 1 amide bonds. The number of aryl methyl sites for hydroxylation is 2. The molecular formula is C30H31NO5. The average Bonchev–Trinajstić information content (AvgIpc) is 3.12. The number of ether oxygens (including phenoxy) is 2. The van der Waals surface area contributed by atoms with E-state index in [0.717, 1.165) is 16.7 Å². The molecule has 6 nitrogen and oxygen atoms in total. The van der Waals surface area contributed by atoms with E-state index in [1.807, 2.05) is 70.2 Å². The number of hydrogen-bond donors (Lipinski definition) is 1. The maximum absolute atomic E-state index is 13.5. The Balaban J connectivity index is 2.00. The largest absolute Gasteiger partial charge is 0.507 e. The summed E-state index contributed by atoms with van der Waals surface area (Å²) >= 11 is 0. The van der Waals surface area contributed by atoms with Crippen molar-refractivity contribution in [3.05, 3.63) is 94.1 Å². The minimum atomic E-state index is -0.869. The van der Waals surface area contributed by atoms with Gasteiger partial charge in [0.2, 0.25) is 0 Å². The van der Waals surface area contributed by atoms with Gasteiger partial charge in [0.1, 0.15) is 17.3 Å². The standard InChI is InChI=1S/C30H31NO5/c1-17(2)23-16-20(11-12-25(23)36-6)28(32)26-27(22-9-7-8-10-24(22)35-5)31(30(34)29(26)33)21-14-18(3)13-19(4)15-21/h7-17,27,32H,1-6H3/b28-26+. The highest BCUT2D eigenvalue weighted by Crippen LogP contribution is 2.45. The van der Waals surface area contributed by atoms with Crippen LogP contribution in [0.3, 0.4) is 0 Å². The monoisotopic (exact) mass is 485 g/mol. The molecule has 0 aromatic heterocycles. The Morgan fingerprint density at radius 2 is 1.53 bits per heavy atom. The quantitative estimate of drug-likeness (QED) is 0.261. The van der Waals surface area contributed by atoms with Crippen LogP contribution in [0.2, 0.25) is 0 Å². The summed E-state index contributed by atoms with van der Waals surface area (Å²) in [5.74, 6) is -0.351. The summed E-state index contributed by atoms with van der Waals surface area (Å²) in [6.07, 6.45) is 0. The molecule has 4 rings (SSSR count). The Morgan fingerprint density at radius 1 is 0.889 bits per heavy atom. The van der Waals surface area contributed by atoms with Crippen molar-refractivity contribution in [3.8, 4) is 11.5 Å². The highest BCUT2D eigenvalue weighted by molar-refractivity contribution is 6.51. The number of carbonyl (C=O) groups excluding carboxylic acids is 2. The summed E-state index contributed by atoms with van der Waals surface area (Å²) < 4.78 is 11.1. The first-order valence-electron chi connectivity index (χ1n) is 11.9. The van der Waals surface area contributed by atoms with E-state index in [0.29, 0.717) is 28.3 Å². The number of aliphatic hydroxyl groups is 1. The van der Waals surface area contributed by atoms with Gasteiger partial charge >= 0.3 is 0 Å². The topological polar surface area (TPSA) is 76.1 Å². The summed E-state index contributed by atoms with van der Waals surface area (Å²) in [6, 6.07) is 17.4. The van der Waals surface area contributed by atoms with E-state index in [-0.39, 0.29) is 17.3 Å². The molecule has 1 aliphatic rings. The van der Waals surface area contributed by atoms with Gasteiger partial charge in [-0.05, 0) is 72.9 Å². The number of carbonyl (C=O) groups is 2. The van der Waals surface area contributed by atoms with Crippen molar-refractivity contribution in [2.24, 2.45) is 0 Å². The van der Waals surface area contributed by atoms with Gasteiger partial charge < -0.3 is 14.6 Å². The lowest BCUT2D eigenvalue weighted by Crippen LogP contribution is -2.29. The number of Topliss-reactive ketones (excluding diaryl/α,β-unsaturated/α-hetero) is 1. The van der Waals surface area contributed by atoms with Crippen LogP contribution in [0.4, 0.5) is 5.69 Å². The van der Waals surface area contributed by atoms with Gasteiger partial charge in [-0.2, -0.15) is 0 Å². The number of methoxy groups -OCH3 is 2. The van der Waals surface area contributed by atoms with Crippen molar-refractivity contribution in [2.45, 2.75) is 39.7 Å². The zero-order valence-corrected chi connectivity index (χ0v) is 21.5. The molecule has 36 heavy (non-hydrogen) atoms. The van der Waals surface area contributed by atoms with Crippen molar-refractivity contribution in [1.29, 1.82) is 0 Å². The van der Waals surface area contributed by atoms with Crippen molar-refractivity contribution < 1.29 is 24.2 Å². The molecule has 0 radical (unpaired) electrons. The molecule has 6 heteroatoms. The minimum absolute atomic E-state index is 0.0172. The lowest BCUT2D eigenvalue weighted by Gasteiger charge is -2.27. The predicted molar refractivity (Wildman–Crippen MR) is 141 cm³/mol. The SMILES string of the molecule is COc1ccc(/C(O)=C2\C(=O)C(=O)N(c3cc(C)cc(C)c3)C2c2ccccc2OC)cc1C(C)C. The van der Waals surface area contributed by atoms with E-state index >= 15 is 0 Å². The van der Waals surface area contributed by atoms with Gasteiger partial charge in [-0.25, -0.2) is 0 Å². The smallest absolute Gasteiger partial charge is 0.300 e. The Kier molecular flexibility index (Phi) is 6.88. The second-order valence-electron chi connectivity index (χ2n) is 9.37. The molecule has 1 saturated heterocycles. The molecular weight excluding hydrogens is 454 g/mol. The molecule has 1 atom stereocenters. The van der Waals surface area contributed by atoms with Gasteiger partial charge in [0.15, 0.2) is 0 Å². The van der Waals surface area contributed by atoms with Gasteiger partial charge in [-0.1, -0.05) is 38.1 Å². The van der Waals surface area contributed by atoms with E-state index in [1.165, 1.54) is 4.90 Å². The summed E-state index contributed by atoms with van der Waals surface area (Å²) in [4.78, 5) is 28.5. The second kappa shape index (κ2) is 9.90. The van der Waals surface area contributed by atoms with E-state index in [9.17, 15) is 14.7 Å². The first-order valence-corrected chi connectivity index (χ1v) is 11.9. The van der Waals surface area contributed by atoms with Crippen LogP contribution in [0.1, 0.15) is 53.6 Å². The van der Waals surface area contributed by atoms with Crippen molar-refractivity contribution in [3.63, 3.8) is 0 Å². The number of benzene rings is 3. The third-order valence-electron chi connectivity index (χ3n) is 6.49. The predicted octanol–water partition coefficient (Wildman–Crippen LogP) is 6.07. The molecule has 1 aliphatic heterocycles. The van der Waals surface area contributed by atoms with E-state index in [2.05, 4.69) is 0 Å². The number of amides is 1. The first-order chi connectivity index (χ1) is 17.2. The van der Waals surface area contributed by atoms with Crippen LogP contribution < -0.4 is 14.4 Å². The highest BCUT2D eigenvalue weighted by atomic mass is 16.5. The van der Waals surface area contributed by atoms with Crippen LogP contribution in [0.25, 0.3) is 5.76 Å². The van der Waals surface area contributed by atoms with Crippen LogP contribution in [0.5, 0.6) is 11.5 Å². The lowest BCUT2D eigenvalue weighted by molar-refractivity contribution is -0.132. The fourth-order valence-electron chi connectivity index (χ4n) is 4.86. The first kappa shape index (κ1) is 25.0. The summed E-state index contributed by atoms with van der Waals surface area (Å²) in [5, 5.41) is 11.5. The number of para-hydroxylation sites is 1. The highest BCUT2D eigenvalue weighted by Gasteiger charge is 2.48. The Labute approximate surface area is 211 Å². The normalized spacial score (nSPS) is 17.1. The van der Waals surface area contributed by atoms with Crippen molar-refractivity contribution >= 4 is 23.1 Å². The fourth-order valence-corrected chi connectivity index (χ4v) is 4.86. The maximum Gasteiger partial charge on any atom is 0.300 e. The summed E-state index contributed by atoms with van der Waals surface area (Å²) in [7, 11) is 3.14. The van der Waals surface area contributed by atoms with Gasteiger partial charge in [0, 0.05) is 16.8 Å². The molecule has 3 aromatic rings. The number of rotatable bonds is 6. The van der Waals surface area contributed by atoms with Crippen LogP contribution in [0, 0.1) is 13.8 Å². The second-order valence-corrected chi connectivity index (χ2v) is 9.37. The zero-order valence-electron chi connectivity index (χ0n) is 21.5. The van der Waals surface area contributed by atoms with Gasteiger partial charge in [-0.3, -0.25) is 14.5 Å². The summed E-state index contributed by atoms with van der Waals surface area (Å²) in [5.41, 5.74) is 4.46. The molecule has 1 unspecified atom stereocenters. The summed E-state index contributed by atoms with van der Waals surface area (Å²) in [6.45, 7) is 7.93. The number of hydrogen-bond acceptors (Lipinski definition) is 5. The van der Waals surface area contributed by atoms with E-state index in [1.54, 1.807) is 32.4 Å². The molecule has 3 aromatic carbocycles. The van der Waals surface area contributed by atoms with Crippen LogP contribution >= 0.6 is 0 Å². The van der Waals surface area contributed by atoms with Gasteiger partial charge in [0.25, 0.3) is 11.7 Å². The number of ketones is 1. The lowest BCUT2D eigenvalue weighted by atomic mass is 9.92. The van der Waals surface area contributed by atoms with Gasteiger partial charge in [-0.15, -0.1) is 0 Å². The third kappa shape index (κ3) is 4.35. The Bertz CT molecular complexity index is 1350. The molecule has 0 aliphatic carbocycles. The van der Waals surface area contributed by atoms with Crippen LogP contribution in [-0.2, 0) is 9.59 Å². The van der Waals surface area contributed by atoms with Crippen LogP contribution in [-0.4, -0.2) is 31.0 Å². The molecule has 1 N–H and O–H groups in total. The van der Waals surface area contributed by atoms with Gasteiger partial charge in [0.05, 0.1) is 25.8 Å². The van der Waals surface area contributed by atoms with Crippen LogP contribution in [0.15, 0.2) is 66.2 Å². The number of aliphatic hydroxyl groups excluding tert-OH is 1. The minimum Gasteiger partial charge on any atom is -0.507 e. The molecule has 0 bridgehead atoms.